The second-order valence-corrected chi connectivity index (χ2v) is 6.06. The van der Waals surface area contributed by atoms with Gasteiger partial charge in [0, 0.05) is 26.3 Å². The Balaban J connectivity index is 1.87. The van der Waals surface area contributed by atoms with Gasteiger partial charge in [-0.1, -0.05) is 0 Å². The summed E-state index contributed by atoms with van der Waals surface area (Å²) in [6.07, 6.45) is -1.84. The van der Waals surface area contributed by atoms with E-state index in [1.54, 1.807) is 18.9 Å². The minimum absolute atomic E-state index is 0.0698. The summed E-state index contributed by atoms with van der Waals surface area (Å²) >= 11 is 0. The summed E-state index contributed by atoms with van der Waals surface area (Å²) in [5, 5.41) is 19.1. The molecule has 0 N–H and O–H groups in total. The maximum atomic E-state index is 12.7. The Morgan fingerprint density at radius 1 is 1.36 bits per heavy atom. The summed E-state index contributed by atoms with van der Waals surface area (Å²) in [6.45, 7) is 2.47. The van der Waals surface area contributed by atoms with E-state index >= 15 is 0 Å². The van der Waals surface area contributed by atoms with Gasteiger partial charge in [-0.2, -0.15) is 23.4 Å². The van der Waals surface area contributed by atoms with Gasteiger partial charge in [-0.3, -0.25) is 14.8 Å². The number of aryl methyl sites for hydroxylation is 2. The fraction of sp³-hybridized carbons (Fsp3) is 0.571. The molecule has 8 nitrogen and oxygen atoms in total. The number of hydrogen-bond donors (Lipinski definition) is 0. The van der Waals surface area contributed by atoms with Crippen LogP contribution in [-0.4, -0.2) is 37.6 Å². The van der Waals surface area contributed by atoms with Gasteiger partial charge in [-0.05, 0) is 25.8 Å². The highest BCUT2D eigenvalue weighted by Gasteiger charge is 2.36. The van der Waals surface area contributed by atoms with E-state index in [1.807, 2.05) is 0 Å². The molecule has 2 aromatic rings. The molecule has 0 aliphatic carbocycles. The molecule has 2 aromatic heterocycles. The monoisotopic (exact) mass is 358 g/mol. The van der Waals surface area contributed by atoms with Gasteiger partial charge in [0.05, 0.1) is 11.0 Å². The lowest BCUT2D eigenvalue weighted by Gasteiger charge is -2.33. The number of aromatic nitrogens is 4. The summed E-state index contributed by atoms with van der Waals surface area (Å²) in [5.41, 5.74) is -0.699. The van der Waals surface area contributed by atoms with Crippen LogP contribution in [0.5, 0.6) is 0 Å². The molecule has 0 bridgehead atoms. The predicted molar refractivity (Wildman–Crippen MR) is 82.3 cm³/mol. The van der Waals surface area contributed by atoms with Gasteiger partial charge in [-0.25, -0.2) is 4.68 Å². The number of nitrogens with zero attached hydrogens (tertiary/aromatic N) is 6. The van der Waals surface area contributed by atoms with Gasteiger partial charge in [-0.15, -0.1) is 0 Å². The minimum atomic E-state index is -4.49. The molecule has 1 saturated heterocycles. The van der Waals surface area contributed by atoms with Crippen molar-refractivity contribution in [1.82, 2.24) is 19.6 Å². The van der Waals surface area contributed by atoms with Crippen molar-refractivity contribution in [3.05, 3.63) is 33.8 Å². The summed E-state index contributed by atoms with van der Waals surface area (Å²) in [7, 11) is 1.62. The van der Waals surface area contributed by atoms with Crippen LogP contribution >= 0.6 is 0 Å². The largest absolute Gasteiger partial charge is 0.435 e. The molecule has 1 unspecified atom stereocenters. The number of alkyl halides is 3. The molecule has 1 fully saturated rings. The quantitative estimate of drug-likeness (QED) is 0.622. The summed E-state index contributed by atoms with van der Waals surface area (Å²) < 4.78 is 40.9. The van der Waals surface area contributed by atoms with Crippen LogP contribution in [0, 0.1) is 17.0 Å². The van der Waals surface area contributed by atoms with Gasteiger partial charge < -0.3 is 4.90 Å². The van der Waals surface area contributed by atoms with E-state index in [9.17, 15) is 23.3 Å². The molecule has 1 aliphatic heterocycles. The Morgan fingerprint density at radius 2 is 2.08 bits per heavy atom. The lowest BCUT2D eigenvalue weighted by molar-refractivity contribution is -0.384. The maximum absolute atomic E-state index is 12.7. The molecule has 1 aliphatic rings. The number of halogens is 3. The van der Waals surface area contributed by atoms with Crippen molar-refractivity contribution in [2.24, 2.45) is 7.05 Å². The van der Waals surface area contributed by atoms with E-state index in [-0.39, 0.29) is 11.7 Å². The average molecular weight is 358 g/mol. The number of piperidine rings is 1. The first-order chi connectivity index (χ1) is 11.7. The zero-order valence-electron chi connectivity index (χ0n) is 13.7. The van der Waals surface area contributed by atoms with Crippen molar-refractivity contribution in [2.75, 3.05) is 18.0 Å². The van der Waals surface area contributed by atoms with Crippen LogP contribution in [0.1, 0.15) is 30.3 Å². The van der Waals surface area contributed by atoms with Crippen molar-refractivity contribution < 1.29 is 18.1 Å². The van der Waals surface area contributed by atoms with Crippen LogP contribution in [0.2, 0.25) is 0 Å². The van der Waals surface area contributed by atoms with Crippen molar-refractivity contribution in [3.8, 4) is 0 Å². The molecular formula is C14H17F3N6O2. The Labute approximate surface area is 141 Å². The second kappa shape index (κ2) is 6.05. The SMILES string of the molecule is Cc1nn(C)c(N2CCCC(n3ccc(C(F)(F)F)n3)C2)c1[N+](=O)[O-]. The Morgan fingerprint density at radius 3 is 2.68 bits per heavy atom. The Bertz CT molecular complexity index is 797. The smallest absolute Gasteiger partial charge is 0.349 e. The fourth-order valence-corrected chi connectivity index (χ4v) is 3.26. The van der Waals surface area contributed by atoms with Crippen LogP contribution in [0.4, 0.5) is 24.7 Å². The van der Waals surface area contributed by atoms with E-state index in [0.29, 0.717) is 37.4 Å². The molecule has 0 saturated carbocycles. The Kier molecular flexibility index (Phi) is 4.17. The van der Waals surface area contributed by atoms with Gasteiger partial charge >= 0.3 is 11.9 Å². The maximum Gasteiger partial charge on any atom is 0.435 e. The van der Waals surface area contributed by atoms with Crippen LogP contribution in [0.15, 0.2) is 12.3 Å². The predicted octanol–water partition coefficient (Wildman–Crippen LogP) is 2.69. The fourth-order valence-electron chi connectivity index (χ4n) is 3.26. The van der Waals surface area contributed by atoms with Crippen molar-refractivity contribution in [3.63, 3.8) is 0 Å². The molecule has 0 aromatic carbocycles. The normalized spacial score (nSPS) is 18.6. The summed E-state index contributed by atoms with van der Waals surface area (Å²) in [5.74, 6) is 0.371. The zero-order chi connectivity index (χ0) is 18.4. The van der Waals surface area contributed by atoms with Gasteiger partial charge in [0.15, 0.2) is 5.69 Å². The second-order valence-electron chi connectivity index (χ2n) is 6.06. The molecular weight excluding hydrogens is 341 g/mol. The molecule has 3 rings (SSSR count). The minimum Gasteiger partial charge on any atom is -0.349 e. The van der Waals surface area contributed by atoms with Crippen LogP contribution < -0.4 is 4.90 Å². The van der Waals surface area contributed by atoms with Crippen LogP contribution in [0.25, 0.3) is 0 Å². The van der Waals surface area contributed by atoms with E-state index < -0.39 is 16.8 Å². The highest BCUT2D eigenvalue weighted by atomic mass is 19.4. The van der Waals surface area contributed by atoms with Crippen molar-refractivity contribution >= 4 is 11.5 Å². The molecule has 136 valence electrons. The highest BCUT2D eigenvalue weighted by molar-refractivity contribution is 5.61. The first-order valence-electron chi connectivity index (χ1n) is 7.73. The molecule has 1 atom stereocenters. The first kappa shape index (κ1) is 17.2. The van der Waals surface area contributed by atoms with Crippen molar-refractivity contribution in [2.45, 2.75) is 32.0 Å². The van der Waals surface area contributed by atoms with Gasteiger partial charge in [0.2, 0.25) is 5.82 Å². The average Bonchev–Trinajstić information content (AvgIpc) is 3.11. The van der Waals surface area contributed by atoms with E-state index in [2.05, 4.69) is 10.2 Å². The standard InChI is InChI=1S/C14H17F3N6O2/c1-9-12(23(24)25)13(20(2)18-9)21-6-3-4-10(8-21)22-7-5-11(19-22)14(15,16)17/h5,7,10H,3-4,6,8H2,1-2H3. The van der Waals surface area contributed by atoms with Gasteiger partial charge in [0.25, 0.3) is 0 Å². The number of nitro groups is 1. The number of anilines is 1. The first-order valence-corrected chi connectivity index (χ1v) is 7.73. The lowest BCUT2D eigenvalue weighted by Crippen LogP contribution is -2.38. The molecule has 11 heteroatoms. The summed E-state index contributed by atoms with van der Waals surface area (Å²) in [6, 6.07) is 0.648. The Hall–Kier alpha value is -2.59. The summed E-state index contributed by atoms with van der Waals surface area (Å²) in [4.78, 5) is 12.7. The molecule has 0 spiro atoms. The molecule has 0 amide bonds. The highest BCUT2D eigenvalue weighted by Crippen LogP contribution is 2.35. The van der Waals surface area contributed by atoms with E-state index in [4.69, 9.17) is 0 Å². The van der Waals surface area contributed by atoms with Crippen LogP contribution in [0.3, 0.4) is 0 Å². The van der Waals surface area contributed by atoms with E-state index in [0.717, 1.165) is 6.07 Å². The number of rotatable bonds is 3. The topological polar surface area (TPSA) is 82.0 Å². The zero-order valence-corrected chi connectivity index (χ0v) is 13.7. The molecule has 25 heavy (non-hydrogen) atoms. The van der Waals surface area contributed by atoms with Crippen LogP contribution in [-0.2, 0) is 13.2 Å². The molecule has 0 radical (unpaired) electrons. The third-order valence-corrected chi connectivity index (χ3v) is 4.31. The number of hydrogen-bond acceptors (Lipinski definition) is 5. The van der Waals surface area contributed by atoms with E-state index in [1.165, 1.54) is 15.6 Å². The van der Waals surface area contributed by atoms with Gasteiger partial charge in [0.1, 0.15) is 5.69 Å². The molecule has 3 heterocycles. The third kappa shape index (κ3) is 3.17. The lowest BCUT2D eigenvalue weighted by atomic mass is 10.1. The third-order valence-electron chi connectivity index (χ3n) is 4.31. The van der Waals surface area contributed by atoms with Crippen molar-refractivity contribution in [1.29, 1.82) is 0 Å².